The van der Waals surface area contributed by atoms with E-state index in [1.807, 2.05) is 36.8 Å². The summed E-state index contributed by atoms with van der Waals surface area (Å²) in [7, 11) is -3.17. The third-order valence-electron chi connectivity index (χ3n) is 4.10. The molecule has 3 aromatic rings. The molecule has 1 atom stereocenters. The van der Waals surface area contributed by atoms with Gasteiger partial charge < -0.3 is 4.57 Å². The first-order valence-corrected chi connectivity index (χ1v) is 8.86. The number of benzene rings is 2. The highest BCUT2D eigenvalue weighted by atomic mass is 32.2. The summed E-state index contributed by atoms with van der Waals surface area (Å²) in [5, 5.41) is 0. The maximum absolute atomic E-state index is 11.6. The second kappa shape index (κ2) is 4.55. The van der Waals surface area contributed by atoms with Gasteiger partial charge in [-0.15, -0.1) is 0 Å². The van der Waals surface area contributed by atoms with E-state index in [1.165, 1.54) is 17.4 Å². The molecule has 0 bridgehead atoms. The van der Waals surface area contributed by atoms with Gasteiger partial charge in [-0.2, -0.15) is 0 Å². The summed E-state index contributed by atoms with van der Waals surface area (Å²) < 4.78 is 25.3. The molecular weight excluding hydrogens is 296 g/mol. The Hall–Kier alpha value is -2.40. The number of sulfone groups is 1. The van der Waals surface area contributed by atoms with E-state index in [9.17, 15) is 8.42 Å². The third kappa shape index (κ3) is 1.89. The van der Waals surface area contributed by atoms with Crippen molar-refractivity contribution >= 4 is 9.84 Å². The first-order valence-electron chi connectivity index (χ1n) is 6.97. The minimum absolute atomic E-state index is 0.0438. The van der Waals surface area contributed by atoms with Crippen LogP contribution in [0.4, 0.5) is 0 Å². The monoisotopic (exact) mass is 310 g/mol. The lowest BCUT2D eigenvalue weighted by Gasteiger charge is -2.15. The summed E-state index contributed by atoms with van der Waals surface area (Å²) in [5.41, 5.74) is 4.54. The number of aromatic nitrogens is 2. The van der Waals surface area contributed by atoms with Gasteiger partial charge in [0.2, 0.25) is 0 Å². The average Bonchev–Trinajstić information content (AvgIpc) is 3.07. The van der Waals surface area contributed by atoms with Crippen molar-refractivity contribution in [2.45, 2.75) is 10.9 Å². The molecule has 110 valence electrons. The molecule has 0 spiro atoms. The summed E-state index contributed by atoms with van der Waals surface area (Å²) >= 11 is 0. The highest BCUT2D eigenvalue weighted by Gasteiger charge is 2.29. The normalized spacial score (nSPS) is 16.3. The molecule has 0 fully saturated rings. The molecule has 4 nitrogen and oxygen atoms in total. The molecular formula is C17H14N2O2S. The molecule has 1 aliphatic heterocycles. The third-order valence-corrected chi connectivity index (χ3v) is 5.23. The molecule has 0 N–H and O–H groups in total. The Bertz CT molecular complexity index is 956. The van der Waals surface area contributed by atoms with Crippen LogP contribution in [-0.4, -0.2) is 24.2 Å². The van der Waals surface area contributed by atoms with Crippen molar-refractivity contribution in [1.29, 1.82) is 0 Å². The number of fused-ring (bicyclic) bond motifs is 3. The van der Waals surface area contributed by atoms with Gasteiger partial charge in [0.1, 0.15) is 0 Å². The number of nitrogens with zero attached hydrogens (tertiary/aromatic N) is 2. The Morgan fingerprint density at radius 2 is 1.77 bits per heavy atom. The van der Waals surface area contributed by atoms with Gasteiger partial charge in [-0.1, -0.05) is 36.4 Å². The summed E-state index contributed by atoms with van der Waals surface area (Å²) in [6.45, 7) is 0. The molecule has 4 rings (SSSR count). The minimum atomic E-state index is -3.17. The van der Waals surface area contributed by atoms with Gasteiger partial charge in [-0.3, -0.25) is 0 Å². The van der Waals surface area contributed by atoms with E-state index in [0.29, 0.717) is 4.90 Å². The molecule has 1 unspecified atom stereocenters. The first kappa shape index (κ1) is 13.3. The van der Waals surface area contributed by atoms with Gasteiger partial charge in [0.15, 0.2) is 9.84 Å². The van der Waals surface area contributed by atoms with Crippen molar-refractivity contribution in [3.05, 3.63) is 72.2 Å². The van der Waals surface area contributed by atoms with Crippen LogP contribution in [0.25, 0.3) is 11.3 Å². The molecule has 0 amide bonds. The molecule has 2 aromatic carbocycles. The molecule has 0 saturated carbocycles. The van der Waals surface area contributed by atoms with Crippen molar-refractivity contribution < 1.29 is 8.42 Å². The molecule has 1 aromatic heterocycles. The average molecular weight is 310 g/mol. The van der Waals surface area contributed by atoms with Crippen molar-refractivity contribution in [3.8, 4) is 11.3 Å². The fourth-order valence-electron chi connectivity index (χ4n) is 3.08. The molecule has 2 heterocycles. The molecule has 5 heteroatoms. The van der Waals surface area contributed by atoms with Crippen molar-refractivity contribution in [2.75, 3.05) is 6.26 Å². The van der Waals surface area contributed by atoms with Gasteiger partial charge >= 0.3 is 0 Å². The second-order valence-corrected chi connectivity index (χ2v) is 7.53. The lowest BCUT2D eigenvalue weighted by Crippen LogP contribution is -2.07. The summed E-state index contributed by atoms with van der Waals surface area (Å²) in [5.74, 6) is 0. The largest absolute Gasteiger partial charge is 0.319 e. The number of hydrogen-bond donors (Lipinski definition) is 0. The zero-order valence-corrected chi connectivity index (χ0v) is 12.8. The van der Waals surface area contributed by atoms with E-state index in [2.05, 4.69) is 21.7 Å². The quantitative estimate of drug-likeness (QED) is 0.572. The van der Waals surface area contributed by atoms with Crippen LogP contribution in [0.15, 0.2) is 66.0 Å². The predicted octanol–water partition coefficient (Wildman–Crippen LogP) is 2.90. The second-order valence-electron chi connectivity index (χ2n) is 5.52. The maximum Gasteiger partial charge on any atom is 0.175 e. The van der Waals surface area contributed by atoms with Crippen LogP contribution in [0.1, 0.15) is 17.2 Å². The zero-order valence-electron chi connectivity index (χ0n) is 12.0. The van der Waals surface area contributed by atoms with Crippen LogP contribution >= 0.6 is 0 Å². The summed E-state index contributed by atoms with van der Waals surface area (Å²) in [6, 6.07) is 15.4. The smallest absolute Gasteiger partial charge is 0.175 e. The Labute approximate surface area is 129 Å². The molecule has 0 aliphatic carbocycles. The fraction of sp³-hybridized carbons (Fsp3) is 0.118. The number of rotatable bonds is 2. The highest BCUT2D eigenvalue weighted by Crippen LogP contribution is 2.42. The Morgan fingerprint density at radius 1 is 1.05 bits per heavy atom. The first-order chi connectivity index (χ1) is 10.6. The number of imidazole rings is 1. The van der Waals surface area contributed by atoms with Crippen LogP contribution < -0.4 is 0 Å². The lowest BCUT2D eigenvalue weighted by atomic mass is 9.97. The summed E-state index contributed by atoms with van der Waals surface area (Å²) in [6.07, 6.45) is 4.91. The Kier molecular flexibility index (Phi) is 2.74. The van der Waals surface area contributed by atoms with Gasteiger partial charge in [0, 0.05) is 11.8 Å². The molecule has 1 aliphatic rings. The summed E-state index contributed by atoms with van der Waals surface area (Å²) in [4.78, 5) is 4.58. The van der Waals surface area contributed by atoms with E-state index < -0.39 is 9.84 Å². The van der Waals surface area contributed by atoms with Gasteiger partial charge in [-0.25, -0.2) is 13.4 Å². The topological polar surface area (TPSA) is 52.0 Å². The van der Waals surface area contributed by atoms with E-state index in [4.69, 9.17) is 0 Å². The molecule has 0 radical (unpaired) electrons. The SMILES string of the molecule is CS(=O)(=O)c1ccc(C2c3ccccc3-c3cncn32)cc1. The van der Waals surface area contributed by atoms with Crippen molar-refractivity contribution in [1.82, 2.24) is 9.55 Å². The van der Waals surface area contributed by atoms with Crippen LogP contribution in [0.2, 0.25) is 0 Å². The predicted molar refractivity (Wildman–Crippen MR) is 84.5 cm³/mol. The van der Waals surface area contributed by atoms with Crippen LogP contribution in [0.5, 0.6) is 0 Å². The van der Waals surface area contributed by atoms with E-state index in [0.717, 1.165) is 11.3 Å². The van der Waals surface area contributed by atoms with Gasteiger partial charge in [0.05, 0.1) is 29.2 Å². The molecule has 22 heavy (non-hydrogen) atoms. The Balaban J connectivity index is 1.87. The van der Waals surface area contributed by atoms with Crippen LogP contribution in [-0.2, 0) is 9.84 Å². The maximum atomic E-state index is 11.6. The van der Waals surface area contributed by atoms with Gasteiger partial charge in [-0.05, 0) is 23.3 Å². The fourth-order valence-corrected chi connectivity index (χ4v) is 3.71. The van der Waals surface area contributed by atoms with E-state index in [-0.39, 0.29) is 6.04 Å². The highest BCUT2D eigenvalue weighted by molar-refractivity contribution is 7.90. The zero-order chi connectivity index (χ0) is 15.3. The standard InChI is InChI=1S/C17H14N2O2S/c1-22(20,21)13-8-6-12(7-9-13)17-15-5-3-2-4-14(15)16-10-18-11-19(16)17/h2-11,17H,1H3. The number of hydrogen-bond acceptors (Lipinski definition) is 3. The lowest BCUT2D eigenvalue weighted by molar-refractivity contribution is 0.601. The van der Waals surface area contributed by atoms with Gasteiger partial charge in [0.25, 0.3) is 0 Å². The van der Waals surface area contributed by atoms with E-state index >= 15 is 0 Å². The Morgan fingerprint density at radius 3 is 2.50 bits per heavy atom. The van der Waals surface area contributed by atoms with E-state index in [1.54, 1.807) is 12.1 Å². The van der Waals surface area contributed by atoms with Crippen LogP contribution in [0, 0.1) is 0 Å². The van der Waals surface area contributed by atoms with Crippen molar-refractivity contribution in [3.63, 3.8) is 0 Å². The van der Waals surface area contributed by atoms with Crippen LogP contribution in [0.3, 0.4) is 0 Å². The minimum Gasteiger partial charge on any atom is -0.319 e. The van der Waals surface area contributed by atoms with Crippen molar-refractivity contribution in [2.24, 2.45) is 0 Å². The molecule has 0 saturated heterocycles.